The summed E-state index contributed by atoms with van der Waals surface area (Å²) < 4.78 is 23.2. The summed E-state index contributed by atoms with van der Waals surface area (Å²) in [5, 5.41) is 9.21. The summed E-state index contributed by atoms with van der Waals surface area (Å²) in [6, 6.07) is 0.0707. The van der Waals surface area contributed by atoms with Gasteiger partial charge in [0.1, 0.15) is 0 Å². The monoisotopic (exact) mass is 344 g/mol. The standard InChI is InChI=1S/C15H24N2O5S/c1-15(2)11(12(15)14(19)20)13(18)17-6-4-16(5-7-17)10-3-8-23(21,22)9-10/h10-12H,3-9H2,1-2H3,(H,19,20)/t10-,11+,12+/m1/s1. The van der Waals surface area contributed by atoms with Crippen molar-refractivity contribution in [2.45, 2.75) is 26.3 Å². The molecule has 2 aliphatic heterocycles. The van der Waals surface area contributed by atoms with E-state index in [9.17, 15) is 23.1 Å². The highest BCUT2D eigenvalue weighted by molar-refractivity contribution is 7.91. The van der Waals surface area contributed by atoms with E-state index in [-0.39, 0.29) is 23.5 Å². The smallest absolute Gasteiger partial charge is 0.307 e. The minimum absolute atomic E-state index is 0.0684. The Balaban J connectivity index is 1.56. The third-order valence-corrected chi connectivity index (χ3v) is 7.46. The van der Waals surface area contributed by atoms with Gasteiger partial charge in [-0.15, -0.1) is 0 Å². The second-order valence-corrected chi connectivity index (χ2v) is 9.76. The maximum Gasteiger partial charge on any atom is 0.307 e. The minimum atomic E-state index is -2.90. The Morgan fingerprint density at radius 1 is 1.09 bits per heavy atom. The highest BCUT2D eigenvalue weighted by Crippen LogP contribution is 2.59. The first-order chi connectivity index (χ1) is 10.6. The summed E-state index contributed by atoms with van der Waals surface area (Å²) >= 11 is 0. The molecule has 130 valence electrons. The van der Waals surface area contributed by atoms with Crippen LogP contribution in [0.3, 0.4) is 0 Å². The van der Waals surface area contributed by atoms with Crippen LogP contribution in [0.5, 0.6) is 0 Å². The molecule has 0 aromatic rings. The number of hydrogen-bond donors (Lipinski definition) is 1. The predicted molar refractivity (Wildman–Crippen MR) is 83.6 cm³/mol. The molecule has 3 atom stereocenters. The molecule has 1 aliphatic carbocycles. The zero-order chi connectivity index (χ0) is 17.0. The van der Waals surface area contributed by atoms with E-state index >= 15 is 0 Å². The molecule has 3 aliphatic rings. The van der Waals surface area contributed by atoms with E-state index in [0.29, 0.717) is 32.6 Å². The molecule has 23 heavy (non-hydrogen) atoms. The molecule has 0 spiro atoms. The van der Waals surface area contributed by atoms with Crippen LogP contribution < -0.4 is 0 Å². The molecule has 7 nitrogen and oxygen atoms in total. The Morgan fingerprint density at radius 3 is 2.13 bits per heavy atom. The third kappa shape index (κ3) is 2.98. The Kier molecular flexibility index (Phi) is 3.95. The number of carbonyl (C=O) groups is 2. The number of piperazine rings is 1. The molecule has 3 rings (SSSR count). The molecule has 0 aromatic carbocycles. The lowest BCUT2D eigenvalue weighted by Crippen LogP contribution is -2.52. The molecule has 0 radical (unpaired) electrons. The molecule has 0 aromatic heterocycles. The zero-order valence-electron chi connectivity index (χ0n) is 13.6. The van der Waals surface area contributed by atoms with Gasteiger partial charge in [0, 0.05) is 32.2 Å². The zero-order valence-corrected chi connectivity index (χ0v) is 14.4. The quantitative estimate of drug-likeness (QED) is 0.754. The first-order valence-electron chi connectivity index (χ1n) is 8.09. The molecule has 0 unspecified atom stereocenters. The van der Waals surface area contributed by atoms with Gasteiger partial charge in [0.2, 0.25) is 5.91 Å². The molecular formula is C15H24N2O5S. The van der Waals surface area contributed by atoms with Crippen molar-refractivity contribution in [2.75, 3.05) is 37.7 Å². The van der Waals surface area contributed by atoms with Crippen molar-refractivity contribution in [3.63, 3.8) is 0 Å². The Hall–Kier alpha value is -1.15. The van der Waals surface area contributed by atoms with Crippen LogP contribution in [0, 0.1) is 17.3 Å². The topological polar surface area (TPSA) is 95.0 Å². The second-order valence-electron chi connectivity index (χ2n) is 7.53. The first-order valence-corrected chi connectivity index (χ1v) is 9.92. The largest absolute Gasteiger partial charge is 0.481 e. The molecule has 3 fully saturated rings. The van der Waals surface area contributed by atoms with Gasteiger partial charge >= 0.3 is 5.97 Å². The number of sulfone groups is 1. The van der Waals surface area contributed by atoms with Crippen LogP contribution >= 0.6 is 0 Å². The van der Waals surface area contributed by atoms with Crippen LogP contribution in [0.15, 0.2) is 0 Å². The van der Waals surface area contributed by atoms with E-state index in [4.69, 9.17) is 0 Å². The molecule has 2 saturated heterocycles. The van der Waals surface area contributed by atoms with E-state index in [1.807, 2.05) is 13.8 Å². The number of rotatable bonds is 3. The van der Waals surface area contributed by atoms with E-state index < -0.39 is 33.1 Å². The molecule has 8 heteroatoms. The highest BCUT2D eigenvalue weighted by atomic mass is 32.2. The molecule has 1 N–H and O–H groups in total. The van der Waals surface area contributed by atoms with Crippen molar-refractivity contribution < 1.29 is 23.1 Å². The number of nitrogens with zero attached hydrogens (tertiary/aromatic N) is 2. The number of amides is 1. The normalized spacial score (nSPS) is 35.9. The van der Waals surface area contributed by atoms with Gasteiger partial charge in [0.25, 0.3) is 0 Å². The fraction of sp³-hybridized carbons (Fsp3) is 0.867. The van der Waals surface area contributed by atoms with Gasteiger partial charge in [-0.2, -0.15) is 0 Å². The average Bonchev–Trinajstić information content (AvgIpc) is 2.86. The predicted octanol–water partition coefficient (Wildman–Crippen LogP) is -0.325. The van der Waals surface area contributed by atoms with Crippen LogP contribution in [0.2, 0.25) is 0 Å². The van der Waals surface area contributed by atoms with Crippen LogP contribution in [0.4, 0.5) is 0 Å². The van der Waals surface area contributed by atoms with Crippen molar-refractivity contribution in [3.8, 4) is 0 Å². The fourth-order valence-corrected chi connectivity index (χ4v) is 5.89. The maximum absolute atomic E-state index is 12.6. The van der Waals surface area contributed by atoms with Gasteiger partial charge in [-0.05, 0) is 11.8 Å². The van der Waals surface area contributed by atoms with Crippen LogP contribution in [0.1, 0.15) is 20.3 Å². The summed E-state index contributed by atoms with van der Waals surface area (Å²) in [4.78, 5) is 27.7. The number of hydrogen-bond acceptors (Lipinski definition) is 5. The summed E-state index contributed by atoms with van der Waals surface area (Å²) in [6.45, 7) is 6.08. The molecule has 2 heterocycles. The van der Waals surface area contributed by atoms with E-state index in [0.717, 1.165) is 0 Å². The SMILES string of the molecule is CC1(C)[C@H](C(=O)O)[C@H]1C(=O)N1CCN([C@@H]2CCS(=O)(=O)C2)CC1. The number of carbonyl (C=O) groups excluding carboxylic acids is 1. The lowest BCUT2D eigenvalue weighted by molar-refractivity contribution is -0.142. The van der Waals surface area contributed by atoms with Crippen molar-refractivity contribution >= 4 is 21.7 Å². The molecule has 0 bridgehead atoms. The lowest BCUT2D eigenvalue weighted by atomic mass is 10.1. The van der Waals surface area contributed by atoms with E-state index in [2.05, 4.69) is 4.90 Å². The van der Waals surface area contributed by atoms with Crippen molar-refractivity contribution in [2.24, 2.45) is 17.3 Å². The summed E-state index contributed by atoms with van der Waals surface area (Å²) in [6.07, 6.45) is 0.674. The van der Waals surface area contributed by atoms with Crippen molar-refractivity contribution in [1.29, 1.82) is 0 Å². The van der Waals surface area contributed by atoms with Gasteiger partial charge in [-0.3, -0.25) is 14.5 Å². The maximum atomic E-state index is 12.6. The van der Waals surface area contributed by atoms with E-state index in [1.165, 1.54) is 0 Å². The van der Waals surface area contributed by atoms with Crippen molar-refractivity contribution in [3.05, 3.63) is 0 Å². The van der Waals surface area contributed by atoms with Crippen LogP contribution in [0.25, 0.3) is 0 Å². The number of carboxylic acid groups (broad SMARTS) is 1. The molecule has 1 saturated carbocycles. The fourth-order valence-electron chi connectivity index (χ4n) is 4.13. The molecular weight excluding hydrogens is 320 g/mol. The Labute approximate surface area is 136 Å². The van der Waals surface area contributed by atoms with Gasteiger partial charge in [-0.25, -0.2) is 8.42 Å². The van der Waals surface area contributed by atoms with Crippen LogP contribution in [-0.2, 0) is 19.4 Å². The van der Waals surface area contributed by atoms with Gasteiger partial charge in [0.05, 0.1) is 23.3 Å². The molecule has 1 amide bonds. The first kappa shape index (κ1) is 16.7. The lowest BCUT2D eigenvalue weighted by Gasteiger charge is -2.38. The Morgan fingerprint density at radius 2 is 1.70 bits per heavy atom. The Bertz CT molecular complexity index is 622. The van der Waals surface area contributed by atoms with Crippen molar-refractivity contribution in [1.82, 2.24) is 9.80 Å². The minimum Gasteiger partial charge on any atom is -0.481 e. The van der Waals surface area contributed by atoms with Gasteiger partial charge < -0.3 is 10.0 Å². The summed E-state index contributed by atoms with van der Waals surface area (Å²) in [5.41, 5.74) is -0.473. The highest BCUT2D eigenvalue weighted by Gasteiger charge is 2.66. The number of carboxylic acids is 1. The van der Waals surface area contributed by atoms with Crippen LogP contribution in [-0.4, -0.2) is 78.9 Å². The van der Waals surface area contributed by atoms with E-state index in [1.54, 1.807) is 4.90 Å². The van der Waals surface area contributed by atoms with Gasteiger partial charge in [-0.1, -0.05) is 13.8 Å². The summed E-state index contributed by atoms with van der Waals surface area (Å²) in [5.74, 6) is -1.51. The average molecular weight is 344 g/mol. The summed E-state index contributed by atoms with van der Waals surface area (Å²) in [7, 11) is -2.90. The third-order valence-electron chi connectivity index (χ3n) is 5.71. The second kappa shape index (κ2) is 5.44. The van der Waals surface area contributed by atoms with Gasteiger partial charge in [0.15, 0.2) is 9.84 Å². The number of aliphatic carboxylic acids is 1.